The van der Waals surface area contributed by atoms with Crippen LogP contribution in [0, 0.1) is 23.5 Å². The lowest BCUT2D eigenvalue weighted by Crippen LogP contribution is -2.16. The van der Waals surface area contributed by atoms with Gasteiger partial charge in [-0.25, -0.2) is 0 Å². The van der Waals surface area contributed by atoms with Gasteiger partial charge >= 0.3 is 0 Å². The number of anilines is 1. The second-order valence-electron chi connectivity index (χ2n) is 3.12. The first-order valence-corrected chi connectivity index (χ1v) is 5.72. The van der Waals surface area contributed by atoms with E-state index >= 15 is 0 Å². The lowest BCUT2D eigenvalue weighted by molar-refractivity contribution is 0.410. The molecule has 7 heteroatoms. The molecule has 1 unspecified atom stereocenters. The Morgan fingerprint density at radius 1 is 1.19 bits per heavy atom. The first-order valence-electron chi connectivity index (χ1n) is 4.44. The summed E-state index contributed by atoms with van der Waals surface area (Å²) >= 11 is 1.45. The van der Waals surface area contributed by atoms with Gasteiger partial charge in [-0.1, -0.05) is 6.92 Å². The second-order valence-corrected chi connectivity index (χ2v) is 4.40. The fraction of sp³-hybridized carbons (Fsp3) is 0.444. The molecule has 0 amide bonds. The van der Waals surface area contributed by atoms with E-state index < -0.39 is 29.2 Å². The van der Waals surface area contributed by atoms with Crippen molar-refractivity contribution < 1.29 is 17.6 Å². The highest BCUT2D eigenvalue weighted by atomic mass is 32.2. The van der Waals surface area contributed by atoms with Crippen LogP contribution in [0.15, 0.2) is 0 Å². The van der Waals surface area contributed by atoms with Crippen LogP contribution in [-0.2, 0) is 0 Å². The van der Waals surface area contributed by atoms with Gasteiger partial charge in [0, 0.05) is 11.8 Å². The van der Waals surface area contributed by atoms with E-state index in [1.807, 2.05) is 6.26 Å². The SMILES string of the molecule is CSC(C)CNc1c(F)c(F)nc(F)c1F. The van der Waals surface area contributed by atoms with E-state index in [4.69, 9.17) is 0 Å². The van der Waals surface area contributed by atoms with Gasteiger partial charge in [0.2, 0.25) is 11.6 Å². The molecule has 1 aromatic rings. The molecule has 0 aliphatic heterocycles. The molecule has 1 N–H and O–H groups in total. The molecule has 0 saturated heterocycles. The Balaban J connectivity index is 2.94. The van der Waals surface area contributed by atoms with Crippen LogP contribution >= 0.6 is 11.8 Å². The van der Waals surface area contributed by atoms with Crippen molar-refractivity contribution in [2.45, 2.75) is 12.2 Å². The van der Waals surface area contributed by atoms with Gasteiger partial charge in [-0.05, 0) is 6.26 Å². The molecule has 0 aliphatic rings. The van der Waals surface area contributed by atoms with E-state index in [9.17, 15) is 17.6 Å². The molecule has 1 aromatic heterocycles. The summed E-state index contributed by atoms with van der Waals surface area (Å²) in [6, 6.07) is 0. The number of hydrogen-bond donors (Lipinski definition) is 1. The lowest BCUT2D eigenvalue weighted by Gasteiger charge is -2.12. The van der Waals surface area contributed by atoms with Crippen LogP contribution in [0.25, 0.3) is 0 Å². The summed E-state index contributed by atoms with van der Waals surface area (Å²) < 4.78 is 51.5. The fourth-order valence-corrected chi connectivity index (χ4v) is 1.22. The van der Waals surface area contributed by atoms with Crippen molar-refractivity contribution in [2.75, 3.05) is 18.1 Å². The molecule has 0 aliphatic carbocycles. The zero-order valence-corrected chi connectivity index (χ0v) is 9.47. The minimum atomic E-state index is -1.65. The van der Waals surface area contributed by atoms with Crippen LogP contribution in [0.5, 0.6) is 0 Å². The molecule has 16 heavy (non-hydrogen) atoms. The maximum Gasteiger partial charge on any atom is 0.253 e. The van der Waals surface area contributed by atoms with Crippen molar-refractivity contribution in [1.82, 2.24) is 4.98 Å². The number of nitrogens with zero attached hydrogens (tertiary/aromatic N) is 1. The van der Waals surface area contributed by atoms with E-state index in [-0.39, 0.29) is 11.8 Å². The van der Waals surface area contributed by atoms with Crippen molar-refractivity contribution in [1.29, 1.82) is 0 Å². The summed E-state index contributed by atoms with van der Waals surface area (Å²) in [7, 11) is 0. The third-order valence-corrected chi connectivity index (χ3v) is 2.94. The summed E-state index contributed by atoms with van der Waals surface area (Å²) in [5.41, 5.74) is -0.814. The number of hydrogen-bond acceptors (Lipinski definition) is 3. The summed E-state index contributed by atoms with van der Waals surface area (Å²) in [4.78, 5) is 2.45. The van der Waals surface area contributed by atoms with Crippen molar-refractivity contribution in [3.8, 4) is 0 Å². The van der Waals surface area contributed by atoms with Crippen molar-refractivity contribution in [3.05, 3.63) is 23.5 Å². The highest BCUT2D eigenvalue weighted by Gasteiger charge is 2.20. The van der Waals surface area contributed by atoms with Gasteiger partial charge in [-0.3, -0.25) is 0 Å². The molecule has 0 spiro atoms. The van der Waals surface area contributed by atoms with E-state index in [0.717, 1.165) is 0 Å². The Labute approximate surface area is 94.4 Å². The Bertz CT molecular complexity index is 360. The largest absolute Gasteiger partial charge is 0.379 e. The molecule has 90 valence electrons. The minimum absolute atomic E-state index is 0.0538. The molecule has 2 nitrogen and oxygen atoms in total. The maximum absolute atomic E-state index is 13.1. The fourth-order valence-electron chi connectivity index (χ4n) is 0.971. The van der Waals surface area contributed by atoms with Crippen LogP contribution in [0.3, 0.4) is 0 Å². The monoisotopic (exact) mass is 254 g/mol. The average molecular weight is 254 g/mol. The quantitative estimate of drug-likeness (QED) is 0.660. The molecule has 1 heterocycles. The first-order chi connectivity index (χ1) is 7.47. The minimum Gasteiger partial charge on any atom is -0.379 e. The molecule has 0 bridgehead atoms. The highest BCUT2D eigenvalue weighted by Crippen LogP contribution is 2.22. The molecule has 1 atom stereocenters. The Kier molecular flexibility index (Phi) is 4.40. The van der Waals surface area contributed by atoms with Gasteiger partial charge in [-0.15, -0.1) is 0 Å². The first kappa shape index (κ1) is 13.1. The molecular formula is C9H10F4N2S. The Morgan fingerprint density at radius 3 is 2.12 bits per heavy atom. The Hall–Kier alpha value is -0.980. The van der Waals surface area contributed by atoms with E-state index in [2.05, 4.69) is 10.3 Å². The van der Waals surface area contributed by atoms with E-state index in [0.29, 0.717) is 0 Å². The van der Waals surface area contributed by atoms with Crippen molar-refractivity contribution >= 4 is 17.4 Å². The third-order valence-electron chi connectivity index (χ3n) is 1.97. The standard InChI is InChI=1S/C9H10F4N2S/c1-4(16-2)3-14-7-5(10)8(12)15-9(13)6(7)11/h4H,3H2,1-2H3,(H,14,15). The van der Waals surface area contributed by atoms with Gasteiger partial charge in [0.25, 0.3) is 11.9 Å². The van der Waals surface area contributed by atoms with Crippen LogP contribution in [0.4, 0.5) is 23.2 Å². The van der Waals surface area contributed by atoms with Crippen LogP contribution in [0.1, 0.15) is 6.92 Å². The zero-order chi connectivity index (χ0) is 12.3. The predicted molar refractivity (Wildman–Crippen MR) is 55.5 cm³/mol. The number of rotatable bonds is 4. The molecule has 0 saturated carbocycles. The number of nitrogens with one attached hydrogen (secondary N) is 1. The second kappa shape index (κ2) is 5.38. The molecule has 0 fully saturated rings. The van der Waals surface area contributed by atoms with Crippen molar-refractivity contribution in [3.63, 3.8) is 0 Å². The van der Waals surface area contributed by atoms with Gasteiger partial charge < -0.3 is 5.32 Å². The van der Waals surface area contributed by atoms with Gasteiger partial charge in [0.1, 0.15) is 5.69 Å². The Morgan fingerprint density at radius 2 is 1.69 bits per heavy atom. The summed E-state index contributed by atoms with van der Waals surface area (Å²) in [6.07, 6.45) is 1.81. The highest BCUT2D eigenvalue weighted by molar-refractivity contribution is 7.99. The molecule has 0 aromatic carbocycles. The topological polar surface area (TPSA) is 24.9 Å². The average Bonchev–Trinajstić information content (AvgIpc) is 2.26. The van der Waals surface area contributed by atoms with Crippen LogP contribution in [0.2, 0.25) is 0 Å². The van der Waals surface area contributed by atoms with Gasteiger partial charge in [0.05, 0.1) is 0 Å². The summed E-state index contributed by atoms with van der Waals surface area (Å²) in [6.45, 7) is 2.00. The number of thioether (sulfide) groups is 1. The number of pyridine rings is 1. The predicted octanol–water partition coefficient (Wildman–Crippen LogP) is 2.80. The van der Waals surface area contributed by atoms with Gasteiger partial charge in [0.15, 0.2) is 0 Å². The van der Waals surface area contributed by atoms with Crippen LogP contribution in [-0.4, -0.2) is 23.0 Å². The molecule has 0 radical (unpaired) electrons. The number of halogens is 4. The number of aromatic nitrogens is 1. The molecule has 1 rings (SSSR count). The zero-order valence-electron chi connectivity index (χ0n) is 8.65. The van der Waals surface area contributed by atoms with Crippen LogP contribution < -0.4 is 5.32 Å². The molecular weight excluding hydrogens is 244 g/mol. The smallest absolute Gasteiger partial charge is 0.253 e. The van der Waals surface area contributed by atoms with Gasteiger partial charge in [-0.2, -0.15) is 34.3 Å². The summed E-state index contributed by atoms with van der Waals surface area (Å²) in [5.74, 6) is -6.32. The summed E-state index contributed by atoms with van der Waals surface area (Å²) in [5, 5.41) is 2.38. The van der Waals surface area contributed by atoms with Crippen molar-refractivity contribution in [2.24, 2.45) is 0 Å². The third kappa shape index (κ3) is 2.78. The normalized spacial score (nSPS) is 12.6. The lowest BCUT2D eigenvalue weighted by atomic mass is 10.3. The van der Waals surface area contributed by atoms with E-state index in [1.165, 1.54) is 11.8 Å². The maximum atomic E-state index is 13.1. The van der Waals surface area contributed by atoms with E-state index in [1.54, 1.807) is 6.92 Å².